The lowest BCUT2D eigenvalue weighted by Gasteiger charge is -2.18. The number of carboxylic acids is 1. The van der Waals surface area contributed by atoms with Gasteiger partial charge in [0.05, 0.1) is 5.41 Å². The van der Waals surface area contributed by atoms with Gasteiger partial charge in [0.25, 0.3) is 6.47 Å². The first-order valence-corrected chi connectivity index (χ1v) is 11.2. The van der Waals surface area contributed by atoms with Crippen LogP contribution in [0.5, 0.6) is 0 Å². The molecule has 0 radical (unpaired) electrons. The molecular formula is C25H38O4. The third kappa shape index (κ3) is 7.83. The van der Waals surface area contributed by atoms with E-state index in [4.69, 9.17) is 4.74 Å². The van der Waals surface area contributed by atoms with E-state index in [1.807, 2.05) is 0 Å². The van der Waals surface area contributed by atoms with E-state index in [1.54, 1.807) is 13.8 Å². The van der Waals surface area contributed by atoms with Crippen molar-refractivity contribution in [2.45, 2.75) is 103 Å². The number of aliphatic carboxylic acids is 1. The molecule has 0 unspecified atom stereocenters. The van der Waals surface area contributed by atoms with Gasteiger partial charge in [-0.25, -0.2) is 0 Å². The highest BCUT2D eigenvalue weighted by Crippen LogP contribution is 2.43. The second kappa shape index (κ2) is 10.8. The van der Waals surface area contributed by atoms with Gasteiger partial charge in [-0.1, -0.05) is 37.5 Å². The van der Waals surface area contributed by atoms with Crippen LogP contribution in [0.25, 0.3) is 0 Å². The highest BCUT2D eigenvalue weighted by Gasteiger charge is 2.44. The van der Waals surface area contributed by atoms with E-state index in [0.29, 0.717) is 6.47 Å². The van der Waals surface area contributed by atoms with Crippen LogP contribution in [0.15, 0.2) is 18.2 Å². The zero-order chi connectivity index (χ0) is 21.3. The van der Waals surface area contributed by atoms with E-state index >= 15 is 0 Å². The van der Waals surface area contributed by atoms with E-state index in [-0.39, 0.29) is 5.60 Å². The van der Waals surface area contributed by atoms with Gasteiger partial charge in [0.2, 0.25) is 0 Å². The van der Waals surface area contributed by atoms with Crippen molar-refractivity contribution < 1.29 is 19.4 Å². The average Bonchev–Trinajstić information content (AvgIpc) is 3.43. The predicted octanol–water partition coefficient (Wildman–Crippen LogP) is 6.02. The quantitative estimate of drug-likeness (QED) is 0.288. The number of aryl methyl sites for hydroxylation is 3. The Hall–Kier alpha value is -1.84. The largest absolute Gasteiger partial charge is 0.481 e. The fourth-order valence-corrected chi connectivity index (χ4v) is 3.94. The van der Waals surface area contributed by atoms with Crippen LogP contribution in [0.2, 0.25) is 0 Å². The summed E-state index contributed by atoms with van der Waals surface area (Å²) in [6, 6.07) is 6.82. The van der Waals surface area contributed by atoms with Crippen LogP contribution >= 0.6 is 0 Å². The summed E-state index contributed by atoms with van der Waals surface area (Å²) in [5.74, 6) is -0.704. The fraction of sp³-hybridized carbons (Fsp3) is 0.680. The number of hydrogen-bond donors (Lipinski definition) is 1. The van der Waals surface area contributed by atoms with Crippen molar-refractivity contribution in [1.82, 2.24) is 0 Å². The molecular weight excluding hydrogens is 364 g/mol. The lowest BCUT2D eigenvalue weighted by molar-refractivity contribution is -0.147. The lowest BCUT2D eigenvalue weighted by atomic mass is 9.87. The minimum Gasteiger partial charge on any atom is -0.481 e. The van der Waals surface area contributed by atoms with Crippen molar-refractivity contribution in [3.8, 4) is 0 Å². The van der Waals surface area contributed by atoms with Gasteiger partial charge in [-0.05, 0) is 95.2 Å². The summed E-state index contributed by atoms with van der Waals surface area (Å²) in [6.45, 7) is 6.40. The highest BCUT2D eigenvalue weighted by molar-refractivity contribution is 5.73. The number of carbonyl (C=O) groups excluding carboxylic acids is 1. The Bertz CT molecular complexity index is 673. The van der Waals surface area contributed by atoms with Crippen LogP contribution in [-0.2, 0) is 27.2 Å². The Balaban J connectivity index is 1.66. The van der Waals surface area contributed by atoms with Crippen molar-refractivity contribution in [3.05, 3.63) is 34.9 Å². The third-order valence-electron chi connectivity index (χ3n) is 6.44. The number of benzene rings is 1. The van der Waals surface area contributed by atoms with Crippen LogP contribution < -0.4 is 0 Å². The molecule has 0 aliphatic heterocycles. The number of unbranched alkanes of at least 4 members (excludes halogenated alkanes) is 4. The third-order valence-corrected chi connectivity index (χ3v) is 6.44. The molecule has 4 nitrogen and oxygen atoms in total. The molecule has 1 aliphatic carbocycles. The van der Waals surface area contributed by atoms with Gasteiger partial charge < -0.3 is 9.84 Å². The van der Waals surface area contributed by atoms with Crippen LogP contribution in [0, 0.1) is 12.3 Å². The summed E-state index contributed by atoms with van der Waals surface area (Å²) < 4.78 is 5.22. The first-order valence-electron chi connectivity index (χ1n) is 11.2. The second-order valence-electron chi connectivity index (χ2n) is 9.47. The van der Waals surface area contributed by atoms with E-state index in [9.17, 15) is 14.7 Å². The Morgan fingerprint density at radius 3 is 2.45 bits per heavy atom. The predicted molar refractivity (Wildman–Crippen MR) is 116 cm³/mol. The summed E-state index contributed by atoms with van der Waals surface area (Å²) in [5.41, 5.74) is 3.46. The lowest BCUT2D eigenvalue weighted by Crippen LogP contribution is -2.23. The molecule has 0 aromatic heterocycles. The molecule has 0 amide bonds. The summed E-state index contributed by atoms with van der Waals surface area (Å²) in [5, 5.41) is 9.18. The van der Waals surface area contributed by atoms with Crippen molar-refractivity contribution in [3.63, 3.8) is 0 Å². The van der Waals surface area contributed by atoms with Gasteiger partial charge in [-0.3, -0.25) is 9.59 Å². The molecule has 29 heavy (non-hydrogen) atoms. The molecule has 0 bridgehead atoms. The Labute approximate surface area is 176 Å². The minimum atomic E-state index is -0.704. The molecule has 162 valence electrons. The standard InChI is InChI=1S/C25H38O4/c1-20-12-13-21(10-6-4-8-14-24(2,3)23(27)28)18-22(20)11-7-5-9-15-25(16-17-25)29-19-26/h12-13,18-19H,4-11,14-17H2,1-3H3,(H,27,28). The summed E-state index contributed by atoms with van der Waals surface area (Å²) >= 11 is 0. The summed E-state index contributed by atoms with van der Waals surface area (Å²) in [6.07, 6.45) is 12.6. The van der Waals surface area contributed by atoms with Gasteiger partial charge in [-0.2, -0.15) is 0 Å². The van der Waals surface area contributed by atoms with Gasteiger partial charge in [-0.15, -0.1) is 0 Å². The van der Waals surface area contributed by atoms with Crippen LogP contribution in [-0.4, -0.2) is 23.1 Å². The number of ether oxygens (including phenoxy) is 1. The van der Waals surface area contributed by atoms with Crippen molar-refractivity contribution in [2.75, 3.05) is 0 Å². The van der Waals surface area contributed by atoms with Crippen LogP contribution in [0.3, 0.4) is 0 Å². The van der Waals surface area contributed by atoms with E-state index in [2.05, 4.69) is 25.1 Å². The topological polar surface area (TPSA) is 63.6 Å². The number of rotatable bonds is 15. The van der Waals surface area contributed by atoms with Crippen molar-refractivity contribution >= 4 is 12.4 Å². The molecule has 0 heterocycles. The maximum absolute atomic E-state index is 11.2. The maximum Gasteiger partial charge on any atom is 0.309 e. The maximum atomic E-state index is 11.2. The molecule has 0 spiro atoms. The molecule has 0 saturated heterocycles. The molecule has 2 rings (SSSR count). The SMILES string of the molecule is Cc1ccc(CCCCCC(C)(C)C(=O)O)cc1CCCCCC1(OC=O)CC1. The first-order chi connectivity index (χ1) is 13.8. The summed E-state index contributed by atoms with van der Waals surface area (Å²) in [7, 11) is 0. The normalized spacial score (nSPS) is 15.1. The van der Waals surface area contributed by atoms with Crippen molar-refractivity contribution in [1.29, 1.82) is 0 Å². The van der Waals surface area contributed by atoms with E-state index < -0.39 is 11.4 Å². The number of hydrogen-bond acceptors (Lipinski definition) is 3. The van der Waals surface area contributed by atoms with Crippen LogP contribution in [0.4, 0.5) is 0 Å². The smallest absolute Gasteiger partial charge is 0.309 e. The van der Waals surface area contributed by atoms with E-state index in [1.165, 1.54) is 29.5 Å². The zero-order valence-electron chi connectivity index (χ0n) is 18.5. The molecule has 1 saturated carbocycles. The molecule has 1 aromatic rings. The number of carbonyl (C=O) groups is 2. The molecule has 1 N–H and O–H groups in total. The Morgan fingerprint density at radius 1 is 1.10 bits per heavy atom. The van der Waals surface area contributed by atoms with Gasteiger partial charge in [0.1, 0.15) is 5.60 Å². The molecule has 1 aliphatic rings. The minimum absolute atomic E-state index is 0.114. The zero-order valence-corrected chi connectivity index (χ0v) is 18.5. The number of carboxylic acid groups (broad SMARTS) is 1. The second-order valence-corrected chi connectivity index (χ2v) is 9.47. The monoisotopic (exact) mass is 402 g/mol. The molecule has 1 fully saturated rings. The van der Waals surface area contributed by atoms with Gasteiger partial charge >= 0.3 is 5.97 Å². The van der Waals surface area contributed by atoms with Gasteiger partial charge in [0.15, 0.2) is 0 Å². The summed E-state index contributed by atoms with van der Waals surface area (Å²) in [4.78, 5) is 21.7. The Morgan fingerprint density at radius 2 is 1.79 bits per heavy atom. The van der Waals surface area contributed by atoms with Crippen LogP contribution in [0.1, 0.15) is 94.7 Å². The van der Waals surface area contributed by atoms with E-state index in [0.717, 1.165) is 64.2 Å². The molecule has 4 heteroatoms. The molecule has 1 aromatic carbocycles. The fourth-order valence-electron chi connectivity index (χ4n) is 3.94. The molecule has 0 atom stereocenters. The van der Waals surface area contributed by atoms with Gasteiger partial charge in [0, 0.05) is 0 Å². The highest BCUT2D eigenvalue weighted by atomic mass is 16.5. The Kier molecular flexibility index (Phi) is 8.73. The van der Waals surface area contributed by atoms with Crippen molar-refractivity contribution in [2.24, 2.45) is 5.41 Å². The average molecular weight is 403 g/mol. The first kappa shape index (κ1) is 23.4.